The molecule has 30 heavy (non-hydrogen) atoms. The average Bonchev–Trinajstić information content (AvgIpc) is 2.75. The molecule has 0 aliphatic heterocycles. The third-order valence-corrected chi connectivity index (χ3v) is 5.59. The van der Waals surface area contributed by atoms with E-state index in [0.29, 0.717) is 6.42 Å². The van der Waals surface area contributed by atoms with Crippen molar-refractivity contribution in [1.29, 1.82) is 0 Å². The minimum absolute atomic E-state index is 0.107. The molecule has 1 amide bonds. The minimum atomic E-state index is -0.852. The number of carbonyl (C=O) groups is 2. The van der Waals surface area contributed by atoms with Crippen molar-refractivity contribution in [3.63, 3.8) is 0 Å². The molecule has 0 unspecified atom stereocenters. The third-order valence-electron chi connectivity index (χ3n) is 4.86. The lowest BCUT2D eigenvalue weighted by molar-refractivity contribution is -0.142. The fourth-order valence-corrected chi connectivity index (χ4v) is 3.74. The van der Waals surface area contributed by atoms with Crippen LogP contribution in [0, 0.1) is 0 Å². The van der Waals surface area contributed by atoms with E-state index in [-0.39, 0.29) is 11.3 Å². The average molecular weight is 477 g/mol. The molecule has 2 rings (SSSR count). The van der Waals surface area contributed by atoms with Crippen LogP contribution in [0.3, 0.4) is 0 Å². The smallest absolute Gasteiger partial charge is 0.328 e. The zero-order valence-corrected chi connectivity index (χ0v) is 19.0. The van der Waals surface area contributed by atoms with Crippen LogP contribution in [0.4, 0.5) is 0 Å². The molecule has 0 saturated carbocycles. The van der Waals surface area contributed by atoms with Gasteiger partial charge in [-0.25, -0.2) is 4.79 Å². The molecule has 162 valence electrons. The van der Waals surface area contributed by atoms with Crippen molar-refractivity contribution >= 4 is 27.8 Å². The summed E-state index contributed by atoms with van der Waals surface area (Å²) in [5.41, 5.74) is 1.96. The Kier molecular flexibility index (Phi) is 9.83. The van der Waals surface area contributed by atoms with Gasteiger partial charge in [-0.15, -0.1) is 0 Å². The summed E-state index contributed by atoms with van der Waals surface area (Å²) in [6.45, 7) is 0.982. The van der Waals surface area contributed by atoms with Gasteiger partial charge in [-0.2, -0.15) is 0 Å². The van der Waals surface area contributed by atoms with Crippen LogP contribution in [0.5, 0.6) is 5.75 Å². The maximum Gasteiger partial charge on any atom is 0.328 e. The van der Waals surface area contributed by atoms with Crippen LogP contribution in [0.15, 0.2) is 46.9 Å². The topological polar surface area (TPSA) is 87.7 Å². The molecule has 0 aliphatic carbocycles. The Hall–Kier alpha value is -2.38. The van der Waals surface area contributed by atoms with Crippen molar-refractivity contribution in [2.24, 2.45) is 0 Å². The van der Waals surface area contributed by atoms with Crippen LogP contribution >= 0.6 is 15.9 Å². The van der Waals surface area contributed by atoms with Gasteiger partial charge in [0.2, 0.25) is 0 Å². The van der Waals surface area contributed by atoms with Crippen LogP contribution < -0.4 is 10.6 Å². The summed E-state index contributed by atoms with van der Waals surface area (Å²) in [7, 11) is 3.22. The summed E-state index contributed by atoms with van der Waals surface area (Å²) in [5.74, 6) is -1.17. The van der Waals surface area contributed by atoms with E-state index in [4.69, 9.17) is 4.74 Å². The zero-order valence-electron chi connectivity index (χ0n) is 17.4. The van der Waals surface area contributed by atoms with Crippen LogP contribution in [-0.2, 0) is 22.4 Å². The van der Waals surface area contributed by atoms with Gasteiger partial charge >= 0.3 is 5.97 Å². The van der Waals surface area contributed by atoms with Gasteiger partial charge in [0.15, 0.2) is 0 Å². The first-order valence-electron chi connectivity index (χ1n) is 10.0. The highest BCUT2D eigenvalue weighted by atomic mass is 79.9. The second-order valence-electron chi connectivity index (χ2n) is 7.11. The molecule has 0 aliphatic rings. The molecule has 2 aromatic rings. The highest BCUT2D eigenvalue weighted by molar-refractivity contribution is 9.10. The molecule has 0 bridgehead atoms. The van der Waals surface area contributed by atoms with Gasteiger partial charge in [0.25, 0.3) is 5.91 Å². The number of aryl methyl sites for hydroxylation is 1. The van der Waals surface area contributed by atoms with E-state index in [1.54, 1.807) is 12.1 Å². The fourth-order valence-electron chi connectivity index (χ4n) is 3.19. The number of methoxy groups -OCH3 is 1. The van der Waals surface area contributed by atoms with Crippen LogP contribution in [0.25, 0.3) is 0 Å². The monoisotopic (exact) mass is 476 g/mol. The number of hydrogen-bond acceptors (Lipinski definition) is 5. The number of unbranched alkanes of at least 4 members (excludes halogenated alkanes) is 2. The highest BCUT2D eigenvalue weighted by Gasteiger charge is 2.24. The van der Waals surface area contributed by atoms with Gasteiger partial charge < -0.3 is 20.5 Å². The van der Waals surface area contributed by atoms with Gasteiger partial charge in [0.05, 0.1) is 12.7 Å². The van der Waals surface area contributed by atoms with Crippen LogP contribution in [-0.4, -0.2) is 43.7 Å². The fraction of sp³-hybridized carbons (Fsp3) is 0.391. The summed E-state index contributed by atoms with van der Waals surface area (Å²) in [4.78, 5) is 24.9. The van der Waals surface area contributed by atoms with Gasteiger partial charge in [-0.3, -0.25) is 4.79 Å². The summed E-state index contributed by atoms with van der Waals surface area (Å²) < 4.78 is 5.60. The lowest BCUT2D eigenvalue weighted by atomic mass is 10.0. The van der Waals surface area contributed by atoms with Gasteiger partial charge in [-0.05, 0) is 56.1 Å². The molecule has 0 radical (unpaired) electrons. The molecule has 1 atom stereocenters. The number of phenolic OH excluding ortho intramolecular Hbond substituents is 1. The van der Waals surface area contributed by atoms with Crippen molar-refractivity contribution in [1.82, 2.24) is 10.6 Å². The second-order valence-corrected chi connectivity index (χ2v) is 7.97. The first kappa shape index (κ1) is 23.9. The molecular weight excluding hydrogens is 448 g/mol. The maximum absolute atomic E-state index is 12.8. The van der Waals surface area contributed by atoms with Gasteiger partial charge in [0.1, 0.15) is 11.8 Å². The first-order chi connectivity index (χ1) is 14.5. The number of hydrogen-bond donors (Lipinski definition) is 3. The summed E-state index contributed by atoms with van der Waals surface area (Å²) >= 11 is 3.50. The van der Waals surface area contributed by atoms with E-state index in [1.807, 2.05) is 37.4 Å². The molecule has 2 aromatic carbocycles. The van der Waals surface area contributed by atoms with Crippen molar-refractivity contribution in [2.75, 3.05) is 20.7 Å². The first-order valence-corrected chi connectivity index (χ1v) is 10.8. The molecule has 0 spiro atoms. The van der Waals surface area contributed by atoms with Crippen molar-refractivity contribution in [3.8, 4) is 5.75 Å². The number of rotatable bonds is 11. The number of amides is 1. The van der Waals surface area contributed by atoms with E-state index in [9.17, 15) is 14.7 Å². The van der Waals surface area contributed by atoms with Crippen molar-refractivity contribution in [2.45, 2.75) is 38.1 Å². The molecule has 0 saturated heterocycles. The van der Waals surface area contributed by atoms with Crippen LogP contribution in [0.1, 0.15) is 40.7 Å². The highest BCUT2D eigenvalue weighted by Crippen LogP contribution is 2.28. The number of phenols is 1. The van der Waals surface area contributed by atoms with E-state index in [2.05, 4.69) is 26.6 Å². The largest absolute Gasteiger partial charge is 0.507 e. The van der Waals surface area contributed by atoms with Gasteiger partial charge in [0, 0.05) is 10.9 Å². The summed E-state index contributed by atoms with van der Waals surface area (Å²) in [6.07, 6.45) is 4.27. The zero-order chi connectivity index (χ0) is 21.9. The Morgan fingerprint density at radius 2 is 1.87 bits per heavy atom. The molecule has 6 nitrogen and oxygen atoms in total. The quantitative estimate of drug-likeness (QED) is 0.340. The summed E-state index contributed by atoms with van der Waals surface area (Å²) in [6, 6.07) is 11.7. The molecule has 3 N–H and O–H groups in total. The molecule has 0 heterocycles. The lowest BCUT2D eigenvalue weighted by Gasteiger charge is -2.18. The van der Waals surface area contributed by atoms with E-state index in [0.717, 1.165) is 47.8 Å². The lowest BCUT2D eigenvalue weighted by Crippen LogP contribution is -2.43. The van der Waals surface area contributed by atoms with Crippen molar-refractivity contribution < 1.29 is 19.4 Å². The van der Waals surface area contributed by atoms with E-state index < -0.39 is 17.9 Å². The van der Waals surface area contributed by atoms with E-state index >= 15 is 0 Å². The standard InChI is InChI=1S/C23H29BrN2O4/c1-25-12-8-4-7-11-17-14-21(27)18(15-19(17)24)22(28)26-20(23(29)30-2)13-16-9-5-3-6-10-16/h3,5-6,9-10,14-15,20,25,27H,4,7-8,11-13H2,1-2H3,(H,26,28)/t20-/m0/s1. The van der Waals surface area contributed by atoms with Crippen molar-refractivity contribution in [3.05, 3.63) is 63.6 Å². The Morgan fingerprint density at radius 1 is 1.13 bits per heavy atom. The van der Waals surface area contributed by atoms with Gasteiger partial charge in [-0.1, -0.05) is 52.7 Å². The Labute approximate surface area is 186 Å². The number of nitrogens with one attached hydrogen (secondary N) is 2. The minimum Gasteiger partial charge on any atom is -0.507 e. The number of aromatic hydroxyl groups is 1. The Balaban J connectivity index is 2.08. The number of benzene rings is 2. The third kappa shape index (κ3) is 7.15. The summed E-state index contributed by atoms with van der Waals surface area (Å²) in [5, 5.41) is 16.2. The molecule has 7 heteroatoms. The second kappa shape index (κ2) is 12.3. The normalized spacial score (nSPS) is 11.7. The Morgan fingerprint density at radius 3 is 2.53 bits per heavy atom. The number of esters is 1. The molecule has 0 aromatic heterocycles. The molecule has 0 fully saturated rings. The number of halogens is 1. The van der Waals surface area contributed by atoms with E-state index in [1.165, 1.54) is 7.11 Å². The number of ether oxygens (including phenoxy) is 1. The number of carbonyl (C=O) groups excluding carboxylic acids is 2. The Bertz CT molecular complexity index is 843. The predicted molar refractivity (Wildman–Crippen MR) is 121 cm³/mol. The predicted octanol–water partition coefficient (Wildman–Crippen LogP) is 3.60. The van der Waals surface area contributed by atoms with Crippen LogP contribution in [0.2, 0.25) is 0 Å². The molecular formula is C23H29BrN2O4. The maximum atomic E-state index is 12.8. The SMILES string of the molecule is CNCCCCCc1cc(O)c(C(=O)N[C@@H](Cc2ccccc2)C(=O)OC)cc1Br.